The molecule has 1 aliphatic rings. The van der Waals surface area contributed by atoms with Gasteiger partial charge in [-0.3, -0.25) is 4.90 Å². The summed E-state index contributed by atoms with van der Waals surface area (Å²) in [4.78, 5) is 2.73. The lowest BCUT2D eigenvalue weighted by Gasteiger charge is -2.48. The van der Waals surface area contributed by atoms with Gasteiger partial charge in [-0.15, -0.1) is 0 Å². The highest BCUT2D eigenvalue weighted by Crippen LogP contribution is 2.36. The monoisotopic (exact) mass is 254 g/mol. The van der Waals surface area contributed by atoms with E-state index in [4.69, 9.17) is 5.73 Å². The largest absolute Gasteiger partial charge is 0.329 e. The predicted molar refractivity (Wildman–Crippen MR) is 80.7 cm³/mol. The van der Waals surface area contributed by atoms with Crippen LogP contribution in [0.4, 0.5) is 0 Å². The van der Waals surface area contributed by atoms with E-state index in [1.165, 1.54) is 51.6 Å². The third-order valence-electron chi connectivity index (χ3n) is 4.84. The summed E-state index contributed by atoms with van der Waals surface area (Å²) in [6.07, 6.45) is 7.89. The Kier molecular flexibility index (Phi) is 6.65. The molecule has 1 rings (SSSR count). The van der Waals surface area contributed by atoms with Crippen LogP contribution in [-0.4, -0.2) is 30.1 Å². The summed E-state index contributed by atoms with van der Waals surface area (Å²) < 4.78 is 0. The summed E-state index contributed by atoms with van der Waals surface area (Å²) in [6, 6.07) is 0. The number of nitrogens with zero attached hydrogens (tertiary/aromatic N) is 1. The topological polar surface area (TPSA) is 29.3 Å². The van der Waals surface area contributed by atoms with Gasteiger partial charge in [0.2, 0.25) is 0 Å². The van der Waals surface area contributed by atoms with Crippen LogP contribution in [0.5, 0.6) is 0 Å². The van der Waals surface area contributed by atoms with E-state index in [-0.39, 0.29) is 0 Å². The molecule has 0 bridgehead atoms. The molecule has 2 heteroatoms. The summed E-state index contributed by atoms with van der Waals surface area (Å²) >= 11 is 0. The minimum atomic E-state index is 0.303. The van der Waals surface area contributed by atoms with Gasteiger partial charge in [0, 0.05) is 18.6 Å². The molecular weight excluding hydrogens is 220 g/mol. The van der Waals surface area contributed by atoms with E-state index in [1.54, 1.807) is 0 Å². The Balaban J connectivity index is 2.77. The van der Waals surface area contributed by atoms with E-state index >= 15 is 0 Å². The van der Waals surface area contributed by atoms with Crippen molar-refractivity contribution in [2.24, 2.45) is 17.6 Å². The molecule has 0 spiro atoms. The molecule has 0 heterocycles. The van der Waals surface area contributed by atoms with Gasteiger partial charge in [-0.2, -0.15) is 0 Å². The minimum Gasteiger partial charge on any atom is -0.329 e. The van der Waals surface area contributed by atoms with E-state index in [1.807, 2.05) is 0 Å². The van der Waals surface area contributed by atoms with Crippen LogP contribution in [0.25, 0.3) is 0 Å². The fourth-order valence-electron chi connectivity index (χ4n) is 3.53. The molecule has 1 aliphatic carbocycles. The van der Waals surface area contributed by atoms with Crippen LogP contribution in [-0.2, 0) is 0 Å². The van der Waals surface area contributed by atoms with Crippen molar-refractivity contribution in [1.82, 2.24) is 4.90 Å². The third-order valence-corrected chi connectivity index (χ3v) is 4.84. The zero-order valence-electron chi connectivity index (χ0n) is 13.0. The summed E-state index contributed by atoms with van der Waals surface area (Å²) in [5.74, 6) is 1.63. The van der Waals surface area contributed by atoms with Crippen LogP contribution >= 0.6 is 0 Å². The quantitative estimate of drug-likeness (QED) is 0.751. The highest BCUT2D eigenvalue weighted by molar-refractivity contribution is 4.96. The van der Waals surface area contributed by atoms with Gasteiger partial charge in [-0.25, -0.2) is 0 Å². The molecule has 0 aromatic rings. The molecule has 2 nitrogen and oxygen atoms in total. The smallest absolute Gasteiger partial charge is 0.0334 e. The lowest BCUT2D eigenvalue weighted by molar-refractivity contribution is 0.0278. The highest BCUT2D eigenvalue weighted by Gasteiger charge is 2.38. The van der Waals surface area contributed by atoms with Crippen molar-refractivity contribution in [3.05, 3.63) is 0 Å². The lowest BCUT2D eigenvalue weighted by atomic mass is 9.75. The van der Waals surface area contributed by atoms with Gasteiger partial charge in [-0.05, 0) is 37.6 Å². The van der Waals surface area contributed by atoms with Crippen molar-refractivity contribution < 1.29 is 0 Å². The van der Waals surface area contributed by atoms with Crippen LogP contribution in [0.3, 0.4) is 0 Å². The number of hydrogen-bond acceptors (Lipinski definition) is 2. The predicted octanol–water partition coefficient (Wildman–Crippen LogP) is 3.65. The third kappa shape index (κ3) is 3.96. The molecule has 108 valence electrons. The van der Waals surface area contributed by atoms with Crippen molar-refractivity contribution >= 4 is 0 Å². The first-order valence-electron chi connectivity index (χ1n) is 8.03. The number of rotatable bonds is 7. The van der Waals surface area contributed by atoms with Gasteiger partial charge in [0.05, 0.1) is 0 Å². The van der Waals surface area contributed by atoms with Gasteiger partial charge in [0.25, 0.3) is 0 Å². The zero-order valence-corrected chi connectivity index (χ0v) is 13.0. The van der Waals surface area contributed by atoms with E-state index in [2.05, 4.69) is 32.6 Å². The van der Waals surface area contributed by atoms with Crippen LogP contribution in [0, 0.1) is 11.8 Å². The van der Waals surface area contributed by atoms with Crippen molar-refractivity contribution in [2.75, 3.05) is 19.6 Å². The second-order valence-electron chi connectivity index (χ2n) is 6.59. The number of nitrogens with two attached hydrogens (primary N) is 1. The maximum absolute atomic E-state index is 6.21. The maximum atomic E-state index is 6.21. The Bertz CT molecular complexity index is 229. The van der Waals surface area contributed by atoms with Crippen LogP contribution in [0.2, 0.25) is 0 Å². The Labute approximate surface area is 114 Å². The molecule has 2 N–H and O–H groups in total. The van der Waals surface area contributed by atoms with E-state index in [0.717, 1.165) is 18.4 Å². The molecule has 3 atom stereocenters. The van der Waals surface area contributed by atoms with Gasteiger partial charge >= 0.3 is 0 Å². The Hall–Kier alpha value is -0.0800. The van der Waals surface area contributed by atoms with Crippen LogP contribution in [0.15, 0.2) is 0 Å². The van der Waals surface area contributed by atoms with Crippen molar-refractivity contribution in [1.29, 1.82) is 0 Å². The first-order chi connectivity index (χ1) is 8.57. The summed E-state index contributed by atoms with van der Waals surface area (Å²) in [6.45, 7) is 12.7. The van der Waals surface area contributed by atoms with Crippen molar-refractivity contribution in [3.63, 3.8) is 0 Å². The minimum absolute atomic E-state index is 0.303. The van der Waals surface area contributed by atoms with Gasteiger partial charge in [-0.1, -0.05) is 47.0 Å². The van der Waals surface area contributed by atoms with Crippen molar-refractivity contribution in [2.45, 2.75) is 71.8 Å². The molecule has 0 aromatic heterocycles. The molecule has 0 saturated heterocycles. The summed E-state index contributed by atoms with van der Waals surface area (Å²) in [5, 5.41) is 0. The SMILES string of the molecule is CCCN(CC(C)CC)C1(CN)CCCC(C)C1. The Morgan fingerprint density at radius 2 is 2.11 bits per heavy atom. The molecule has 18 heavy (non-hydrogen) atoms. The second-order valence-corrected chi connectivity index (χ2v) is 6.59. The van der Waals surface area contributed by atoms with Gasteiger partial charge in [0.15, 0.2) is 0 Å². The second kappa shape index (κ2) is 7.49. The number of hydrogen-bond donors (Lipinski definition) is 1. The Morgan fingerprint density at radius 3 is 2.61 bits per heavy atom. The van der Waals surface area contributed by atoms with E-state index in [9.17, 15) is 0 Å². The highest BCUT2D eigenvalue weighted by atomic mass is 15.2. The normalized spacial score (nSPS) is 30.7. The summed E-state index contributed by atoms with van der Waals surface area (Å²) in [7, 11) is 0. The average molecular weight is 254 g/mol. The molecule has 3 unspecified atom stereocenters. The van der Waals surface area contributed by atoms with Gasteiger partial charge in [0.1, 0.15) is 0 Å². The standard InChI is InChI=1S/C16H34N2/c1-5-10-18(12-14(3)6-2)16(13-17)9-7-8-15(4)11-16/h14-15H,5-13,17H2,1-4H3. The molecule has 0 aliphatic heterocycles. The molecule has 0 amide bonds. The fraction of sp³-hybridized carbons (Fsp3) is 1.00. The first kappa shape index (κ1) is 16.0. The fourth-order valence-corrected chi connectivity index (χ4v) is 3.53. The zero-order chi connectivity index (χ0) is 13.6. The van der Waals surface area contributed by atoms with Crippen LogP contribution in [0.1, 0.15) is 66.2 Å². The van der Waals surface area contributed by atoms with E-state index in [0.29, 0.717) is 5.54 Å². The molecule has 0 radical (unpaired) electrons. The lowest BCUT2D eigenvalue weighted by Crippen LogP contribution is -2.57. The molecule has 1 saturated carbocycles. The maximum Gasteiger partial charge on any atom is 0.0334 e. The van der Waals surface area contributed by atoms with Gasteiger partial charge < -0.3 is 5.73 Å². The van der Waals surface area contributed by atoms with Crippen LogP contribution < -0.4 is 5.73 Å². The molecule has 1 fully saturated rings. The Morgan fingerprint density at radius 1 is 1.39 bits per heavy atom. The average Bonchev–Trinajstić information content (AvgIpc) is 2.37. The molecular formula is C16H34N2. The van der Waals surface area contributed by atoms with Crippen molar-refractivity contribution in [3.8, 4) is 0 Å². The summed E-state index contributed by atoms with van der Waals surface area (Å²) in [5.41, 5.74) is 6.51. The molecule has 0 aromatic carbocycles. The van der Waals surface area contributed by atoms with E-state index < -0.39 is 0 Å². The first-order valence-corrected chi connectivity index (χ1v) is 8.03.